The van der Waals surface area contributed by atoms with Crippen LogP contribution < -0.4 is 20.7 Å². The predicted octanol–water partition coefficient (Wildman–Crippen LogP) is 5.54. The summed E-state index contributed by atoms with van der Waals surface area (Å²) in [5, 5.41) is 19.3. The molecule has 7 nitrogen and oxygen atoms in total. The number of carbonyl (C=O) groups is 2. The van der Waals surface area contributed by atoms with Crippen molar-refractivity contribution in [1.29, 1.82) is 5.26 Å². The van der Waals surface area contributed by atoms with Crippen LogP contribution in [0.4, 0.5) is 15.8 Å². The topological polar surface area (TPSA) is 103 Å². The molecule has 9 heteroatoms. The average molecular weight is 529 g/mol. The molecular weight excluding hydrogens is 503 g/mol. The van der Waals surface area contributed by atoms with E-state index in [0.717, 1.165) is 11.8 Å². The summed E-state index contributed by atoms with van der Waals surface area (Å²) in [6, 6.07) is 24.1. The first-order valence-corrected chi connectivity index (χ1v) is 12.7. The number of halogens is 1. The number of para-hydroxylation sites is 3. The minimum absolute atomic E-state index is 0.00240. The van der Waals surface area contributed by atoms with E-state index in [1.807, 2.05) is 18.2 Å². The van der Waals surface area contributed by atoms with Gasteiger partial charge in [0.05, 0.1) is 41.1 Å². The number of dihydropyridines is 1. The summed E-state index contributed by atoms with van der Waals surface area (Å²) < 4.78 is 20.4. The number of benzene rings is 3. The van der Waals surface area contributed by atoms with Crippen molar-refractivity contribution in [1.82, 2.24) is 5.32 Å². The van der Waals surface area contributed by atoms with Crippen LogP contribution >= 0.6 is 11.8 Å². The van der Waals surface area contributed by atoms with Crippen LogP contribution in [0.5, 0.6) is 5.75 Å². The highest BCUT2D eigenvalue weighted by Gasteiger charge is 2.36. The number of nitrogens with zero attached hydrogens (tertiary/aromatic N) is 1. The first-order valence-electron chi connectivity index (χ1n) is 11.7. The zero-order chi connectivity index (χ0) is 27.1. The van der Waals surface area contributed by atoms with E-state index in [0.29, 0.717) is 27.9 Å². The lowest BCUT2D eigenvalue weighted by molar-refractivity contribution is -0.114. The number of nitrogens with one attached hydrogen (secondary N) is 3. The van der Waals surface area contributed by atoms with E-state index < -0.39 is 17.6 Å². The van der Waals surface area contributed by atoms with Crippen LogP contribution in [0.2, 0.25) is 0 Å². The third-order valence-electron chi connectivity index (χ3n) is 5.87. The third kappa shape index (κ3) is 5.88. The van der Waals surface area contributed by atoms with Gasteiger partial charge in [-0.3, -0.25) is 9.59 Å². The van der Waals surface area contributed by atoms with E-state index in [4.69, 9.17) is 4.74 Å². The summed E-state index contributed by atoms with van der Waals surface area (Å²) in [6.07, 6.45) is 0. The molecule has 1 heterocycles. The molecule has 0 saturated carbocycles. The zero-order valence-electron chi connectivity index (χ0n) is 20.7. The summed E-state index contributed by atoms with van der Waals surface area (Å²) >= 11 is 1.11. The second-order valence-corrected chi connectivity index (χ2v) is 9.32. The maximum atomic E-state index is 15.1. The number of rotatable bonds is 8. The molecule has 3 aromatic carbocycles. The Balaban J connectivity index is 1.67. The average Bonchev–Trinajstić information content (AvgIpc) is 2.92. The normalized spacial score (nSPS) is 14.8. The molecule has 38 heavy (non-hydrogen) atoms. The fourth-order valence-electron chi connectivity index (χ4n) is 4.14. The second kappa shape index (κ2) is 12.1. The Kier molecular flexibility index (Phi) is 8.46. The number of thioether (sulfide) groups is 1. The first kappa shape index (κ1) is 26.5. The van der Waals surface area contributed by atoms with Crippen LogP contribution in [-0.4, -0.2) is 24.7 Å². The lowest BCUT2D eigenvalue weighted by Crippen LogP contribution is -2.31. The van der Waals surface area contributed by atoms with Crippen LogP contribution in [0.3, 0.4) is 0 Å². The summed E-state index contributed by atoms with van der Waals surface area (Å²) in [4.78, 5) is 26.1. The molecule has 0 spiro atoms. The van der Waals surface area contributed by atoms with Crippen LogP contribution in [0.15, 0.2) is 101 Å². The molecule has 1 atom stereocenters. The van der Waals surface area contributed by atoms with Gasteiger partial charge in [-0.15, -0.1) is 0 Å². The van der Waals surface area contributed by atoms with Gasteiger partial charge < -0.3 is 20.7 Å². The van der Waals surface area contributed by atoms with Gasteiger partial charge in [0.15, 0.2) is 0 Å². The van der Waals surface area contributed by atoms with E-state index >= 15 is 4.39 Å². The smallest absolute Gasteiger partial charge is 0.254 e. The fraction of sp³-hybridized carbons (Fsp3) is 0.138. The van der Waals surface area contributed by atoms with E-state index in [1.54, 1.807) is 61.5 Å². The summed E-state index contributed by atoms with van der Waals surface area (Å²) in [6.45, 7) is 1.68. The Bertz CT molecular complexity index is 1460. The third-order valence-corrected chi connectivity index (χ3v) is 6.89. The Morgan fingerprint density at radius 1 is 1.03 bits per heavy atom. The largest absolute Gasteiger partial charge is 0.495 e. The van der Waals surface area contributed by atoms with Crippen molar-refractivity contribution in [2.75, 3.05) is 23.5 Å². The highest BCUT2D eigenvalue weighted by Crippen LogP contribution is 2.42. The van der Waals surface area contributed by atoms with Gasteiger partial charge in [0.25, 0.3) is 5.91 Å². The summed E-state index contributed by atoms with van der Waals surface area (Å²) in [5.41, 5.74) is 2.05. The lowest BCUT2D eigenvalue weighted by Gasteiger charge is -2.30. The fourth-order valence-corrected chi connectivity index (χ4v) is 5.03. The molecule has 0 saturated heterocycles. The monoisotopic (exact) mass is 528 g/mol. The number of amides is 2. The molecule has 1 aliphatic heterocycles. The predicted molar refractivity (Wildman–Crippen MR) is 147 cm³/mol. The Morgan fingerprint density at radius 2 is 1.71 bits per heavy atom. The van der Waals surface area contributed by atoms with Crippen molar-refractivity contribution in [3.05, 3.63) is 112 Å². The maximum absolute atomic E-state index is 15.1. The van der Waals surface area contributed by atoms with E-state index in [-0.39, 0.29) is 28.4 Å². The second-order valence-electron chi connectivity index (χ2n) is 8.33. The number of hydrogen-bond acceptors (Lipinski definition) is 6. The van der Waals surface area contributed by atoms with Crippen LogP contribution in [0.25, 0.3) is 0 Å². The zero-order valence-corrected chi connectivity index (χ0v) is 21.6. The van der Waals surface area contributed by atoms with Crippen LogP contribution in [0, 0.1) is 17.1 Å². The molecule has 0 fully saturated rings. The standard InChI is InChI=1S/C29H25FN4O3S/c1-18-26(28(36)34-23-14-8-9-15-24(23)37-2)27(20-12-6-7-13-22(20)30)21(16-31)29(32-18)38-17-25(35)33-19-10-4-3-5-11-19/h3-15,27,32H,17H2,1-2H3,(H,33,35)(H,34,36)/t27-/m1/s1. The number of hydrogen-bond donors (Lipinski definition) is 3. The van der Waals surface area contributed by atoms with Crippen molar-refractivity contribution in [3.8, 4) is 11.8 Å². The van der Waals surface area contributed by atoms with E-state index in [1.165, 1.54) is 13.2 Å². The van der Waals surface area contributed by atoms with E-state index in [9.17, 15) is 14.9 Å². The van der Waals surface area contributed by atoms with Gasteiger partial charge in [-0.2, -0.15) is 5.26 Å². The van der Waals surface area contributed by atoms with Crippen LogP contribution in [0.1, 0.15) is 18.4 Å². The highest BCUT2D eigenvalue weighted by molar-refractivity contribution is 8.03. The molecular formula is C29H25FN4O3S. The van der Waals surface area contributed by atoms with Gasteiger partial charge in [0.2, 0.25) is 5.91 Å². The first-order chi connectivity index (χ1) is 18.4. The molecule has 0 radical (unpaired) electrons. The van der Waals surface area contributed by atoms with E-state index in [2.05, 4.69) is 22.0 Å². The number of methoxy groups -OCH3 is 1. The quantitative estimate of drug-likeness (QED) is 0.355. The van der Waals surface area contributed by atoms with Gasteiger partial charge >= 0.3 is 0 Å². The number of allylic oxidation sites excluding steroid dienone is 2. The summed E-state index contributed by atoms with van der Waals surface area (Å²) in [5.74, 6) is -1.85. The Morgan fingerprint density at radius 3 is 2.42 bits per heavy atom. The minimum Gasteiger partial charge on any atom is -0.495 e. The van der Waals surface area contributed by atoms with Crippen molar-refractivity contribution in [3.63, 3.8) is 0 Å². The van der Waals surface area contributed by atoms with Gasteiger partial charge in [0.1, 0.15) is 11.6 Å². The van der Waals surface area contributed by atoms with Crippen LogP contribution in [-0.2, 0) is 9.59 Å². The number of carbonyl (C=O) groups excluding carboxylic acids is 2. The number of anilines is 2. The Labute approximate surface area is 224 Å². The van der Waals surface area contributed by atoms with Gasteiger partial charge in [-0.1, -0.05) is 60.3 Å². The molecule has 0 unspecified atom stereocenters. The molecule has 0 aliphatic carbocycles. The lowest BCUT2D eigenvalue weighted by atomic mass is 9.82. The molecule has 2 amide bonds. The van der Waals surface area contributed by atoms with Crippen molar-refractivity contribution in [2.24, 2.45) is 0 Å². The van der Waals surface area contributed by atoms with Gasteiger partial charge in [0, 0.05) is 22.5 Å². The molecule has 192 valence electrons. The molecule has 4 rings (SSSR count). The Hall–Kier alpha value is -4.55. The van der Waals surface area contributed by atoms with Gasteiger partial charge in [-0.05, 0) is 37.3 Å². The van der Waals surface area contributed by atoms with Crippen molar-refractivity contribution in [2.45, 2.75) is 12.8 Å². The molecule has 0 bridgehead atoms. The van der Waals surface area contributed by atoms with Gasteiger partial charge in [-0.25, -0.2) is 4.39 Å². The number of ether oxygens (including phenoxy) is 1. The highest BCUT2D eigenvalue weighted by atomic mass is 32.2. The van der Waals surface area contributed by atoms with Crippen molar-refractivity contribution >= 4 is 35.0 Å². The number of nitriles is 1. The maximum Gasteiger partial charge on any atom is 0.254 e. The minimum atomic E-state index is -0.989. The molecule has 3 N–H and O–H groups in total. The SMILES string of the molecule is COc1ccccc1NC(=O)C1=C(C)NC(SCC(=O)Nc2ccccc2)=C(C#N)[C@H]1c1ccccc1F. The van der Waals surface area contributed by atoms with Crippen molar-refractivity contribution < 1.29 is 18.7 Å². The molecule has 1 aliphatic rings. The molecule has 0 aromatic heterocycles. The molecule has 3 aromatic rings. The summed E-state index contributed by atoms with van der Waals surface area (Å²) in [7, 11) is 1.49.